The van der Waals surface area contributed by atoms with Crippen LogP contribution in [0.4, 0.5) is 5.69 Å². The number of ether oxygens (including phenoxy) is 1. The SMILES string of the molecule is CCn1cc(N)cc1C(=O)OC1CC2CCC1(C)C2(C)C. The van der Waals surface area contributed by atoms with Crippen LogP contribution in [0.25, 0.3) is 0 Å². The molecule has 1 aromatic rings. The Kier molecular flexibility index (Phi) is 3.12. The topological polar surface area (TPSA) is 57.2 Å². The Morgan fingerprint density at radius 3 is 2.71 bits per heavy atom. The number of nitrogens with zero attached hydrogens (tertiary/aromatic N) is 1. The maximum Gasteiger partial charge on any atom is 0.355 e. The molecule has 1 heterocycles. The van der Waals surface area contributed by atoms with E-state index in [0.29, 0.717) is 17.3 Å². The smallest absolute Gasteiger partial charge is 0.355 e. The summed E-state index contributed by atoms with van der Waals surface area (Å²) in [5.74, 6) is 0.437. The highest BCUT2D eigenvalue weighted by atomic mass is 16.5. The van der Waals surface area contributed by atoms with E-state index in [1.807, 2.05) is 11.5 Å². The van der Waals surface area contributed by atoms with Gasteiger partial charge in [-0.2, -0.15) is 0 Å². The lowest BCUT2D eigenvalue weighted by atomic mass is 9.70. The lowest BCUT2D eigenvalue weighted by molar-refractivity contribution is -0.0250. The molecule has 0 spiro atoms. The van der Waals surface area contributed by atoms with Crippen molar-refractivity contribution < 1.29 is 9.53 Å². The van der Waals surface area contributed by atoms with Gasteiger partial charge in [-0.25, -0.2) is 4.79 Å². The molecule has 0 aliphatic heterocycles. The minimum absolute atomic E-state index is 0.0279. The highest BCUT2D eigenvalue weighted by Gasteiger charge is 2.62. The summed E-state index contributed by atoms with van der Waals surface area (Å²) in [6.07, 6.45) is 5.23. The number of anilines is 1. The Morgan fingerprint density at radius 2 is 2.19 bits per heavy atom. The van der Waals surface area contributed by atoms with Crippen molar-refractivity contribution in [2.24, 2.45) is 16.7 Å². The van der Waals surface area contributed by atoms with Crippen molar-refractivity contribution in [3.63, 3.8) is 0 Å². The Morgan fingerprint density at radius 1 is 1.48 bits per heavy atom. The van der Waals surface area contributed by atoms with Crippen LogP contribution in [0.15, 0.2) is 12.3 Å². The first kappa shape index (κ1) is 14.5. The zero-order chi connectivity index (χ0) is 15.4. The Balaban J connectivity index is 1.80. The molecule has 2 N–H and O–H groups in total. The number of nitrogen functional groups attached to an aromatic ring is 1. The Labute approximate surface area is 126 Å². The van der Waals surface area contributed by atoms with Gasteiger partial charge < -0.3 is 15.0 Å². The van der Waals surface area contributed by atoms with Crippen molar-refractivity contribution in [1.29, 1.82) is 0 Å². The fourth-order valence-electron chi connectivity index (χ4n) is 4.46. The van der Waals surface area contributed by atoms with Crippen LogP contribution >= 0.6 is 0 Å². The van der Waals surface area contributed by atoms with Gasteiger partial charge in [0.05, 0.1) is 5.69 Å². The standard InChI is InChI=1S/C17H26N2O2/c1-5-19-10-12(18)9-13(19)15(20)21-14-8-11-6-7-17(14,4)16(11,2)3/h9-11,14H,5-8,18H2,1-4H3. The molecule has 2 fully saturated rings. The highest BCUT2D eigenvalue weighted by molar-refractivity contribution is 5.89. The average Bonchev–Trinajstić information content (AvgIpc) is 2.96. The maximum atomic E-state index is 12.5. The second-order valence-electron chi connectivity index (χ2n) is 7.45. The third-order valence-corrected chi connectivity index (χ3v) is 6.43. The molecule has 0 aromatic carbocycles. The summed E-state index contributed by atoms with van der Waals surface area (Å²) in [5.41, 5.74) is 7.34. The van der Waals surface area contributed by atoms with Crippen LogP contribution in [0.2, 0.25) is 0 Å². The molecule has 4 nitrogen and oxygen atoms in total. The van der Waals surface area contributed by atoms with Crippen molar-refractivity contribution in [3.05, 3.63) is 18.0 Å². The fourth-order valence-corrected chi connectivity index (χ4v) is 4.46. The largest absolute Gasteiger partial charge is 0.457 e. The quantitative estimate of drug-likeness (QED) is 0.867. The molecule has 2 bridgehead atoms. The maximum absolute atomic E-state index is 12.5. The molecule has 2 aliphatic carbocycles. The average molecular weight is 290 g/mol. The Bertz CT molecular complexity index is 575. The van der Waals surface area contributed by atoms with E-state index < -0.39 is 0 Å². The number of nitrogens with two attached hydrogens (primary N) is 1. The van der Waals surface area contributed by atoms with Crippen molar-refractivity contribution in [2.45, 2.75) is 59.6 Å². The van der Waals surface area contributed by atoms with Gasteiger partial charge in [0.2, 0.25) is 0 Å². The highest BCUT2D eigenvalue weighted by Crippen LogP contribution is 2.66. The summed E-state index contributed by atoms with van der Waals surface area (Å²) < 4.78 is 7.77. The van der Waals surface area contributed by atoms with Crippen molar-refractivity contribution >= 4 is 11.7 Å². The van der Waals surface area contributed by atoms with Crippen LogP contribution in [-0.2, 0) is 11.3 Å². The number of fused-ring (bicyclic) bond motifs is 2. The van der Waals surface area contributed by atoms with Gasteiger partial charge in [-0.3, -0.25) is 0 Å². The molecule has 2 aliphatic rings. The van der Waals surface area contributed by atoms with Crippen LogP contribution in [0.1, 0.15) is 57.4 Å². The fraction of sp³-hybridized carbons (Fsp3) is 0.706. The third-order valence-electron chi connectivity index (χ3n) is 6.43. The van der Waals surface area contributed by atoms with Crippen molar-refractivity contribution in [1.82, 2.24) is 4.57 Å². The van der Waals surface area contributed by atoms with Crippen LogP contribution in [0.5, 0.6) is 0 Å². The molecular formula is C17H26N2O2. The predicted molar refractivity (Wildman–Crippen MR) is 83.0 cm³/mol. The summed E-state index contributed by atoms with van der Waals surface area (Å²) in [6.45, 7) is 9.65. The van der Waals surface area contributed by atoms with E-state index in [1.54, 1.807) is 12.3 Å². The molecule has 1 aromatic heterocycles. The van der Waals surface area contributed by atoms with Crippen LogP contribution in [-0.4, -0.2) is 16.6 Å². The summed E-state index contributed by atoms with van der Waals surface area (Å²) in [5, 5.41) is 0. The van der Waals surface area contributed by atoms with E-state index in [2.05, 4.69) is 20.8 Å². The number of esters is 1. The number of carbonyl (C=O) groups is 1. The molecule has 3 rings (SSSR count). The lowest BCUT2D eigenvalue weighted by Crippen LogP contribution is -2.38. The summed E-state index contributed by atoms with van der Waals surface area (Å²) in [7, 11) is 0. The van der Waals surface area contributed by atoms with E-state index in [0.717, 1.165) is 19.4 Å². The zero-order valence-electron chi connectivity index (χ0n) is 13.5. The molecule has 2 saturated carbocycles. The second kappa shape index (κ2) is 4.52. The minimum Gasteiger partial charge on any atom is -0.457 e. The molecule has 0 saturated heterocycles. The third kappa shape index (κ3) is 1.91. The van der Waals surface area contributed by atoms with Gasteiger partial charge in [-0.1, -0.05) is 20.8 Å². The van der Waals surface area contributed by atoms with Crippen molar-refractivity contribution in [2.75, 3.05) is 5.73 Å². The first-order valence-corrected chi connectivity index (χ1v) is 7.96. The zero-order valence-corrected chi connectivity index (χ0v) is 13.5. The molecule has 0 radical (unpaired) electrons. The van der Waals surface area contributed by atoms with Gasteiger partial charge in [0.1, 0.15) is 11.8 Å². The van der Waals surface area contributed by atoms with Gasteiger partial charge in [-0.15, -0.1) is 0 Å². The lowest BCUT2D eigenvalue weighted by Gasteiger charge is -2.38. The van der Waals surface area contributed by atoms with Gasteiger partial charge in [-0.05, 0) is 43.6 Å². The molecule has 116 valence electrons. The van der Waals surface area contributed by atoms with Gasteiger partial charge >= 0.3 is 5.97 Å². The number of rotatable bonds is 3. The summed E-state index contributed by atoms with van der Waals surface area (Å²) in [4.78, 5) is 12.5. The molecule has 3 unspecified atom stereocenters. The minimum atomic E-state index is -0.233. The number of hydrogen-bond donors (Lipinski definition) is 1. The first-order chi connectivity index (χ1) is 9.79. The normalized spacial score (nSPS) is 33.3. The number of aromatic nitrogens is 1. The first-order valence-electron chi connectivity index (χ1n) is 7.96. The number of carbonyl (C=O) groups excluding carboxylic acids is 1. The monoisotopic (exact) mass is 290 g/mol. The van der Waals surface area contributed by atoms with Crippen LogP contribution in [0.3, 0.4) is 0 Å². The van der Waals surface area contributed by atoms with E-state index in [9.17, 15) is 4.79 Å². The van der Waals surface area contributed by atoms with Crippen molar-refractivity contribution in [3.8, 4) is 0 Å². The molecular weight excluding hydrogens is 264 g/mol. The molecule has 3 atom stereocenters. The second-order valence-corrected chi connectivity index (χ2v) is 7.45. The van der Waals surface area contributed by atoms with E-state index in [1.165, 1.54) is 6.42 Å². The van der Waals surface area contributed by atoms with Gasteiger partial charge in [0.15, 0.2) is 0 Å². The number of aryl methyl sites for hydroxylation is 1. The molecule has 0 amide bonds. The van der Waals surface area contributed by atoms with Gasteiger partial charge in [0, 0.05) is 18.2 Å². The van der Waals surface area contributed by atoms with E-state index in [-0.39, 0.29) is 22.9 Å². The number of hydrogen-bond acceptors (Lipinski definition) is 3. The molecule has 4 heteroatoms. The summed E-state index contributed by atoms with van der Waals surface area (Å²) in [6, 6.07) is 1.71. The summed E-state index contributed by atoms with van der Waals surface area (Å²) >= 11 is 0. The van der Waals surface area contributed by atoms with E-state index in [4.69, 9.17) is 10.5 Å². The van der Waals surface area contributed by atoms with E-state index >= 15 is 0 Å². The predicted octanol–water partition coefficient (Wildman–Crippen LogP) is 3.46. The Hall–Kier alpha value is -1.45. The molecule has 21 heavy (non-hydrogen) atoms. The van der Waals surface area contributed by atoms with Gasteiger partial charge in [0.25, 0.3) is 0 Å². The van der Waals surface area contributed by atoms with Crippen LogP contribution < -0.4 is 5.73 Å². The van der Waals surface area contributed by atoms with Crippen LogP contribution in [0, 0.1) is 16.7 Å².